The fourth-order valence-electron chi connectivity index (χ4n) is 1.64. The molecule has 0 saturated carbocycles. The van der Waals surface area contributed by atoms with Crippen LogP contribution in [0.5, 0.6) is 0 Å². The summed E-state index contributed by atoms with van der Waals surface area (Å²) >= 11 is 1.72. The van der Waals surface area contributed by atoms with Gasteiger partial charge in [-0.05, 0) is 17.5 Å². The number of aliphatic hydroxyl groups is 1. The molecule has 2 nitrogen and oxygen atoms in total. The first kappa shape index (κ1) is 14.6. The number of aliphatic hydroxyl groups excluding tert-OH is 1. The van der Waals surface area contributed by atoms with Gasteiger partial charge in [0.2, 0.25) is 0 Å². The van der Waals surface area contributed by atoms with E-state index in [4.69, 9.17) is 10.8 Å². The molecular weight excluding hydrogens is 230 g/mol. The Morgan fingerprint density at radius 3 is 2.47 bits per heavy atom. The van der Waals surface area contributed by atoms with Crippen LogP contribution in [0, 0.1) is 0 Å². The Morgan fingerprint density at radius 2 is 1.94 bits per heavy atom. The molecule has 3 N–H and O–H groups in total. The fourth-order valence-corrected chi connectivity index (χ4v) is 2.47. The summed E-state index contributed by atoms with van der Waals surface area (Å²) in [5, 5.41) is 9.22. The molecule has 0 amide bonds. The lowest BCUT2D eigenvalue weighted by atomic mass is 10.0. The molecule has 3 heteroatoms. The van der Waals surface area contributed by atoms with E-state index in [2.05, 4.69) is 31.2 Å². The maximum atomic E-state index is 8.95. The molecule has 0 radical (unpaired) electrons. The Kier molecular flexibility index (Phi) is 6.63. The summed E-state index contributed by atoms with van der Waals surface area (Å²) in [5.74, 6) is 0.856. The van der Waals surface area contributed by atoms with Crippen LogP contribution in [0.3, 0.4) is 0 Å². The number of aryl methyl sites for hydroxylation is 1. The lowest BCUT2D eigenvalue weighted by molar-refractivity contribution is 0.300. The van der Waals surface area contributed by atoms with E-state index in [-0.39, 0.29) is 17.9 Å². The molecule has 96 valence electrons. The highest BCUT2D eigenvalue weighted by Crippen LogP contribution is 2.20. The average molecular weight is 253 g/mol. The van der Waals surface area contributed by atoms with E-state index >= 15 is 0 Å². The number of benzene rings is 1. The van der Waals surface area contributed by atoms with E-state index in [1.54, 1.807) is 11.8 Å². The first-order chi connectivity index (χ1) is 8.17. The topological polar surface area (TPSA) is 46.2 Å². The van der Waals surface area contributed by atoms with Crippen molar-refractivity contribution in [3.63, 3.8) is 0 Å². The maximum absolute atomic E-state index is 8.95. The fraction of sp³-hybridized carbons (Fsp3) is 0.571. The molecule has 0 bridgehead atoms. The second-order valence-electron chi connectivity index (χ2n) is 4.42. The van der Waals surface area contributed by atoms with Crippen LogP contribution in [0.4, 0.5) is 0 Å². The van der Waals surface area contributed by atoms with Crippen molar-refractivity contribution in [3.05, 3.63) is 35.4 Å². The highest BCUT2D eigenvalue weighted by molar-refractivity contribution is 7.99. The van der Waals surface area contributed by atoms with Gasteiger partial charge in [0.1, 0.15) is 0 Å². The Balaban J connectivity index is 2.48. The third-order valence-corrected chi connectivity index (χ3v) is 4.03. The molecule has 0 saturated heterocycles. The molecule has 0 aliphatic carbocycles. The Labute approximate surface area is 109 Å². The molecule has 2 unspecified atom stereocenters. The number of rotatable bonds is 7. The summed E-state index contributed by atoms with van der Waals surface area (Å²) in [7, 11) is 0. The summed E-state index contributed by atoms with van der Waals surface area (Å²) in [6.45, 7) is 4.42. The largest absolute Gasteiger partial charge is 0.395 e. The molecule has 2 atom stereocenters. The second-order valence-corrected chi connectivity index (χ2v) is 5.90. The number of thioether (sulfide) groups is 1. The number of hydrogen-bond donors (Lipinski definition) is 2. The summed E-state index contributed by atoms with van der Waals surface area (Å²) in [5.41, 5.74) is 8.68. The van der Waals surface area contributed by atoms with Crippen LogP contribution in [0.2, 0.25) is 0 Å². The van der Waals surface area contributed by atoms with E-state index in [9.17, 15) is 0 Å². The van der Waals surface area contributed by atoms with E-state index in [0.29, 0.717) is 0 Å². The predicted molar refractivity (Wildman–Crippen MR) is 76.4 cm³/mol. The molecule has 17 heavy (non-hydrogen) atoms. The van der Waals surface area contributed by atoms with E-state index in [1.165, 1.54) is 17.5 Å². The molecule has 0 aromatic heterocycles. The minimum absolute atomic E-state index is 0.0599. The zero-order valence-corrected chi connectivity index (χ0v) is 11.5. The molecule has 0 aliphatic rings. The first-order valence-corrected chi connectivity index (χ1v) is 7.29. The normalized spacial score (nSPS) is 14.6. The van der Waals surface area contributed by atoms with Gasteiger partial charge in [-0.2, -0.15) is 11.8 Å². The van der Waals surface area contributed by atoms with Gasteiger partial charge in [-0.1, -0.05) is 44.5 Å². The number of hydrogen-bond acceptors (Lipinski definition) is 3. The van der Waals surface area contributed by atoms with Crippen LogP contribution >= 0.6 is 11.8 Å². The van der Waals surface area contributed by atoms with Gasteiger partial charge in [-0.25, -0.2) is 0 Å². The van der Waals surface area contributed by atoms with Gasteiger partial charge in [0.15, 0.2) is 0 Å². The minimum atomic E-state index is 0.0599. The predicted octanol–water partition coefficient (Wildman–Crippen LogP) is 2.75. The van der Waals surface area contributed by atoms with Crippen LogP contribution in [0.15, 0.2) is 24.3 Å². The Bertz CT molecular complexity index is 313. The van der Waals surface area contributed by atoms with Crippen molar-refractivity contribution in [1.29, 1.82) is 0 Å². The third kappa shape index (κ3) is 5.11. The lowest BCUT2D eigenvalue weighted by Gasteiger charge is -2.14. The zero-order valence-electron chi connectivity index (χ0n) is 10.7. The molecule has 0 fully saturated rings. The van der Waals surface area contributed by atoms with Crippen molar-refractivity contribution in [3.8, 4) is 0 Å². The van der Waals surface area contributed by atoms with Gasteiger partial charge in [0.25, 0.3) is 0 Å². The van der Waals surface area contributed by atoms with Crippen LogP contribution in [0.25, 0.3) is 0 Å². The quantitative estimate of drug-likeness (QED) is 0.785. The SMILES string of the molecule is CCCc1ccc(C(N)CSC(C)CO)cc1. The summed E-state index contributed by atoms with van der Waals surface area (Å²) < 4.78 is 0. The standard InChI is InChI=1S/C14H23NOS/c1-3-4-12-5-7-13(8-6-12)14(15)10-17-11(2)9-16/h5-8,11,14,16H,3-4,9-10,15H2,1-2H3. The number of nitrogens with two attached hydrogens (primary N) is 1. The Morgan fingerprint density at radius 1 is 1.29 bits per heavy atom. The monoisotopic (exact) mass is 253 g/mol. The minimum Gasteiger partial charge on any atom is -0.395 e. The van der Waals surface area contributed by atoms with Crippen molar-refractivity contribution in [2.75, 3.05) is 12.4 Å². The second kappa shape index (κ2) is 7.75. The van der Waals surface area contributed by atoms with Crippen molar-refractivity contribution >= 4 is 11.8 Å². The molecule has 0 aliphatic heterocycles. The van der Waals surface area contributed by atoms with Gasteiger partial charge in [0.05, 0.1) is 6.61 Å². The van der Waals surface area contributed by atoms with Gasteiger partial charge in [-0.15, -0.1) is 0 Å². The molecule has 1 aromatic carbocycles. The van der Waals surface area contributed by atoms with Crippen molar-refractivity contribution < 1.29 is 5.11 Å². The Hall–Kier alpha value is -0.510. The van der Waals surface area contributed by atoms with Crippen LogP contribution < -0.4 is 5.73 Å². The van der Waals surface area contributed by atoms with Gasteiger partial charge >= 0.3 is 0 Å². The van der Waals surface area contributed by atoms with Gasteiger partial charge in [0, 0.05) is 17.0 Å². The molecular formula is C14H23NOS. The maximum Gasteiger partial charge on any atom is 0.0547 e. The highest BCUT2D eigenvalue weighted by Gasteiger charge is 2.08. The third-order valence-electron chi connectivity index (χ3n) is 2.76. The molecule has 1 rings (SSSR count). The van der Waals surface area contributed by atoms with Crippen molar-refractivity contribution in [2.45, 2.75) is 38.0 Å². The average Bonchev–Trinajstić information content (AvgIpc) is 2.36. The van der Waals surface area contributed by atoms with Gasteiger partial charge < -0.3 is 10.8 Å². The van der Waals surface area contributed by atoms with Crippen molar-refractivity contribution in [1.82, 2.24) is 0 Å². The zero-order chi connectivity index (χ0) is 12.7. The first-order valence-electron chi connectivity index (χ1n) is 6.24. The molecule has 1 aromatic rings. The highest BCUT2D eigenvalue weighted by atomic mass is 32.2. The summed E-state index contributed by atoms with van der Waals surface area (Å²) in [6, 6.07) is 8.64. The van der Waals surface area contributed by atoms with Crippen LogP contribution in [-0.4, -0.2) is 22.7 Å². The van der Waals surface area contributed by atoms with E-state index in [0.717, 1.165) is 12.2 Å². The summed E-state index contributed by atoms with van der Waals surface area (Å²) in [4.78, 5) is 0. The van der Waals surface area contributed by atoms with E-state index < -0.39 is 0 Å². The van der Waals surface area contributed by atoms with E-state index in [1.807, 2.05) is 6.92 Å². The molecule has 0 heterocycles. The van der Waals surface area contributed by atoms with Crippen molar-refractivity contribution in [2.24, 2.45) is 5.73 Å². The lowest BCUT2D eigenvalue weighted by Crippen LogP contribution is -2.15. The molecule has 0 spiro atoms. The smallest absolute Gasteiger partial charge is 0.0547 e. The van der Waals surface area contributed by atoms with Crippen LogP contribution in [-0.2, 0) is 6.42 Å². The van der Waals surface area contributed by atoms with Crippen LogP contribution in [0.1, 0.15) is 37.4 Å². The van der Waals surface area contributed by atoms with Gasteiger partial charge in [-0.3, -0.25) is 0 Å². The summed E-state index contributed by atoms with van der Waals surface area (Å²) in [6.07, 6.45) is 2.31.